The molecule has 148 valence electrons. The van der Waals surface area contributed by atoms with Gasteiger partial charge in [-0.2, -0.15) is 0 Å². The molecule has 0 atom stereocenters. The summed E-state index contributed by atoms with van der Waals surface area (Å²) in [5.74, 6) is 0.735. The second-order valence-electron chi connectivity index (χ2n) is 7.25. The van der Waals surface area contributed by atoms with E-state index in [0.717, 1.165) is 50.5 Å². The zero-order valence-electron chi connectivity index (χ0n) is 17.1. The Morgan fingerprint density at radius 1 is 0.516 bits per heavy atom. The van der Waals surface area contributed by atoms with Crippen LogP contribution in [-0.4, -0.2) is 19.9 Å². The summed E-state index contributed by atoms with van der Waals surface area (Å²) in [6.45, 7) is 1.92. The maximum atomic E-state index is 4.89. The average Bonchev–Trinajstić information content (AvgIpc) is 2.85. The maximum absolute atomic E-state index is 4.89. The average molecular weight is 400 g/mol. The molecule has 2 aromatic carbocycles. The van der Waals surface area contributed by atoms with E-state index in [9.17, 15) is 0 Å². The van der Waals surface area contributed by atoms with E-state index < -0.39 is 0 Å². The van der Waals surface area contributed by atoms with Crippen LogP contribution in [0.15, 0.2) is 104 Å². The van der Waals surface area contributed by atoms with E-state index in [1.807, 2.05) is 61.9 Å². The van der Waals surface area contributed by atoms with Crippen molar-refractivity contribution in [1.29, 1.82) is 0 Å². The number of rotatable bonds is 4. The molecule has 3 aromatic heterocycles. The van der Waals surface area contributed by atoms with Gasteiger partial charge in [0.2, 0.25) is 0 Å². The quantitative estimate of drug-likeness (QED) is 0.358. The molecule has 0 amide bonds. The van der Waals surface area contributed by atoms with Gasteiger partial charge in [-0.05, 0) is 35.7 Å². The van der Waals surface area contributed by atoms with Crippen LogP contribution in [0.4, 0.5) is 0 Å². The van der Waals surface area contributed by atoms with Gasteiger partial charge in [-0.15, -0.1) is 0 Å². The highest BCUT2D eigenvalue weighted by Crippen LogP contribution is 2.39. The second kappa shape index (κ2) is 8.28. The van der Waals surface area contributed by atoms with Crippen molar-refractivity contribution in [3.05, 3.63) is 110 Å². The van der Waals surface area contributed by atoms with E-state index in [0.29, 0.717) is 0 Å². The molecule has 0 fully saturated rings. The predicted octanol–water partition coefficient (Wildman–Crippen LogP) is 6.24. The minimum absolute atomic E-state index is 0.735. The minimum Gasteiger partial charge on any atom is -0.264 e. The molecular weight excluding hydrogens is 380 g/mol. The van der Waals surface area contributed by atoms with Gasteiger partial charge in [-0.3, -0.25) is 9.97 Å². The Bertz CT molecular complexity index is 1330. The number of benzene rings is 2. The van der Waals surface area contributed by atoms with E-state index in [1.54, 1.807) is 12.4 Å². The number of hydrogen-bond donors (Lipinski definition) is 0. The maximum Gasteiger partial charge on any atom is 0.125 e. The predicted molar refractivity (Wildman–Crippen MR) is 124 cm³/mol. The van der Waals surface area contributed by atoms with Gasteiger partial charge >= 0.3 is 0 Å². The van der Waals surface area contributed by atoms with Crippen molar-refractivity contribution in [2.75, 3.05) is 0 Å². The lowest BCUT2D eigenvalue weighted by Crippen LogP contribution is -1.98. The van der Waals surface area contributed by atoms with Crippen LogP contribution in [0.5, 0.6) is 0 Å². The highest BCUT2D eigenvalue weighted by atomic mass is 14.9. The molecule has 3 heterocycles. The highest BCUT2D eigenvalue weighted by Gasteiger charge is 2.17. The summed E-state index contributed by atoms with van der Waals surface area (Å²) in [5, 5.41) is 0. The SMILES string of the molecule is Cc1ncc(-c2ccccc2-c2cccnc2)c(-c2ccccc2-c2cccnc2)n1. The molecule has 0 bridgehead atoms. The molecule has 0 N–H and O–H groups in total. The Kier molecular flexibility index (Phi) is 5.03. The van der Waals surface area contributed by atoms with Crippen LogP contribution in [0.3, 0.4) is 0 Å². The highest BCUT2D eigenvalue weighted by molar-refractivity contribution is 5.93. The summed E-state index contributed by atoms with van der Waals surface area (Å²) < 4.78 is 0. The Balaban J connectivity index is 1.76. The third-order valence-corrected chi connectivity index (χ3v) is 5.25. The summed E-state index contributed by atoms with van der Waals surface area (Å²) >= 11 is 0. The van der Waals surface area contributed by atoms with Crippen LogP contribution in [0, 0.1) is 6.92 Å². The molecule has 31 heavy (non-hydrogen) atoms. The lowest BCUT2D eigenvalue weighted by molar-refractivity contribution is 1.06. The Morgan fingerprint density at radius 2 is 1.06 bits per heavy atom. The van der Waals surface area contributed by atoms with Crippen LogP contribution in [-0.2, 0) is 0 Å². The summed E-state index contributed by atoms with van der Waals surface area (Å²) in [6, 6.07) is 24.7. The van der Waals surface area contributed by atoms with Crippen molar-refractivity contribution in [1.82, 2.24) is 19.9 Å². The molecule has 5 rings (SSSR count). The molecule has 0 aliphatic carbocycles. The summed E-state index contributed by atoms with van der Waals surface area (Å²) in [7, 11) is 0. The van der Waals surface area contributed by atoms with Gasteiger partial charge in [0.15, 0.2) is 0 Å². The van der Waals surface area contributed by atoms with Crippen molar-refractivity contribution in [3.8, 4) is 44.6 Å². The smallest absolute Gasteiger partial charge is 0.125 e. The first kappa shape index (κ1) is 18.8. The molecule has 0 saturated heterocycles. The van der Waals surface area contributed by atoms with Crippen LogP contribution in [0.2, 0.25) is 0 Å². The molecule has 0 saturated carbocycles. The molecule has 4 nitrogen and oxygen atoms in total. The fraction of sp³-hybridized carbons (Fsp3) is 0.0370. The lowest BCUT2D eigenvalue weighted by atomic mass is 9.91. The van der Waals surface area contributed by atoms with E-state index in [1.165, 1.54) is 0 Å². The van der Waals surface area contributed by atoms with Gasteiger partial charge in [-0.25, -0.2) is 9.97 Å². The van der Waals surface area contributed by atoms with Crippen LogP contribution in [0.1, 0.15) is 5.82 Å². The molecule has 4 heteroatoms. The van der Waals surface area contributed by atoms with Crippen LogP contribution < -0.4 is 0 Å². The minimum atomic E-state index is 0.735. The standard InChI is InChI=1S/C27H20N4/c1-19-30-18-26(24-12-4-2-10-22(24)20-8-6-14-28-16-20)27(31-19)25-13-5-3-11-23(25)21-9-7-15-29-17-21/h2-18H,1H3. The van der Waals surface area contributed by atoms with Crippen molar-refractivity contribution in [2.45, 2.75) is 6.92 Å². The third kappa shape index (κ3) is 3.71. The fourth-order valence-corrected chi connectivity index (χ4v) is 3.83. The van der Waals surface area contributed by atoms with Crippen molar-refractivity contribution in [3.63, 3.8) is 0 Å². The Labute approximate surface area is 181 Å². The summed E-state index contributed by atoms with van der Waals surface area (Å²) in [4.78, 5) is 18.0. The molecule has 0 spiro atoms. The number of aryl methyl sites for hydroxylation is 1. The van der Waals surface area contributed by atoms with Crippen molar-refractivity contribution < 1.29 is 0 Å². The van der Waals surface area contributed by atoms with E-state index in [-0.39, 0.29) is 0 Å². The van der Waals surface area contributed by atoms with Crippen LogP contribution >= 0.6 is 0 Å². The number of hydrogen-bond acceptors (Lipinski definition) is 4. The topological polar surface area (TPSA) is 51.6 Å². The molecule has 5 aromatic rings. The first-order chi connectivity index (χ1) is 15.3. The second-order valence-corrected chi connectivity index (χ2v) is 7.25. The van der Waals surface area contributed by atoms with Crippen molar-refractivity contribution in [2.24, 2.45) is 0 Å². The van der Waals surface area contributed by atoms with E-state index in [4.69, 9.17) is 4.98 Å². The Hall–Kier alpha value is -4.18. The zero-order valence-corrected chi connectivity index (χ0v) is 17.1. The molecule has 0 aliphatic heterocycles. The lowest BCUT2D eigenvalue weighted by Gasteiger charge is -2.16. The number of pyridine rings is 2. The largest absolute Gasteiger partial charge is 0.264 e. The molecule has 0 radical (unpaired) electrons. The normalized spacial score (nSPS) is 10.7. The summed E-state index contributed by atoms with van der Waals surface area (Å²) in [6.07, 6.45) is 9.27. The van der Waals surface area contributed by atoms with Gasteiger partial charge < -0.3 is 0 Å². The molecule has 0 unspecified atom stereocenters. The zero-order chi connectivity index (χ0) is 21.0. The van der Waals surface area contributed by atoms with E-state index in [2.05, 4.69) is 51.4 Å². The molecule has 0 aliphatic rings. The number of nitrogens with zero attached hydrogens (tertiary/aromatic N) is 4. The third-order valence-electron chi connectivity index (χ3n) is 5.25. The first-order valence-corrected chi connectivity index (χ1v) is 10.1. The monoisotopic (exact) mass is 400 g/mol. The first-order valence-electron chi connectivity index (χ1n) is 10.1. The van der Waals surface area contributed by atoms with Gasteiger partial charge in [0.1, 0.15) is 5.82 Å². The van der Waals surface area contributed by atoms with Gasteiger partial charge in [0, 0.05) is 53.2 Å². The van der Waals surface area contributed by atoms with Gasteiger partial charge in [0.05, 0.1) is 5.69 Å². The fourth-order valence-electron chi connectivity index (χ4n) is 3.83. The van der Waals surface area contributed by atoms with Crippen LogP contribution in [0.25, 0.3) is 44.6 Å². The van der Waals surface area contributed by atoms with Gasteiger partial charge in [-0.1, -0.05) is 60.7 Å². The van der Waals surface area contributed by atoms with E-state index >= 15 is 0 Å². The summed E-state index contributed by atoms with van der Waals surface area (Å²) in [5.41, 5.74) is 8.33. The molecular formula is C27H20N4. The Morgan fingerprint density at radius 3 is 1.65 bits per heavy atom. The van der Waals surface area contributed by atoms with Crippen molar-refractivity contribution >= 4 is 0 Å². The number of aromatic nitrogens is 4. The van der Waals surface area contributed by atoms with Gasteiger partial charge in [0.25, 0.3) is 0 Å².